The third-order valence-electron chi connectivity index (χ3n) is 6.43. The van der Waals surface area contributed by atoms with Crippen LogP contribution in [0.5, 0.6) is 0 Å². The highest BCUT2D eigenvalue weighted by Gasteiger charge is 2.42. The molecule has 174 valence electrons. The van der Waals surface area contributed by atoms with Crippen molar-refractivity contribution < 1.29 is 26.3 Å². The molecule has 0 unspecified atom stereocenters. The standard InChI is InChI=1S/C20H22F6N6/c21-19(22,23)11-17-28-29-18-15(12-27)16(5-6-32(17)18)31-9-7-30(8-10-31)14-3-1-13(2-4-14)20(24,25)26/h5-6,13-14H,1-4,7-11H2/t13-,14+. The Labute approximate surface area is 180 Å². The summed E-state index contributed by atoms with van der Waals surface area (Å²) >= 11 is 0. The van der Waals surface area contributed by atoms with Crippen molar-refractivity contribution >= 4 is 11.3 Å². The largest absolute Gasteiger partial charge is 0.396 e. The highest BCUT2D eigenvalue weighted by molar-refractivity contribution is 5.71. The van der Waals surface area contributed by atoms with Crippen LogP contribution in [0.3, 0.4) is 0 Å². The van der Waals surface area contributed by atoms with Gasteiger partial charge in [-0.2, -0.15) is 31.6 Å². The van der Waals surface area contributed by atoms with Gasteiger partial charge < -0.3 is 4.90 Å². The summed E-state index contributed by atoms with van der Waals surface area (Å²) in [6.45, 7) is 2.41. The molecule has 4 rings (SSSR count). The Morgan fingerprint density at radius 2 is 1.62 bits per heavy atom. The summed E-state index contributed by atoms with van der Waals surface area (Å²) in [5.74, 6) is -1.50. The van der Waals surface area contributed by atoms with Gasteiger partial charge in [0.15, 0.2) is 5.65 Å². The molecular formula is C20H22F6N6. The molecule has 1 saturated carbocycles. The number of fused-ring (bicyclic) bond motifs is 1. The van der Waals surface area contributed by atoms with Gasteiger partial charge in [-0.15, -0.1) is 10.2 Å². The number of nitriles is 1. The van der Waals surface area contributed by atoms with Crippen LogP contribution in [-0.2, 0) is 6.42 Å². The zero-order chi connectivity index (χ0) is 23.1. The number of piperazine rings is 1. The second-order valence-corrected chi connectivity index (χ2v) is 8.36. The third kappa shape index (κ3) is 4.62. The summed E-state index contributed by atoms with van der Waals surface area (Å²) in [6, 6.07) is 3.76. The average molecular weight is 460 g/mol. The van der Waals surface area contributed by atoms with Gasteiger partial charge in [0.25, 0.3) is 0 Å². The summed E-state index contributed by atoms with van der Waals surface area (Å²) in [5, 5.41) is 17.1. The molecule has 0 aromatic carbocycles. The van der Waals surface area contributed by atoms with Crippen LogP contribution in [0.1, 0.15) is 37.1 Å². The number of anilines is 1. The molecule has 0 N–H and O–H groups in total. The van der Waals surface area contributed by atoms with Crippen LogP contribution in [0.2, 0.25) is 0 Å². The normalized spacial score (nSPS) is 23.5. The van der Waals surface area contributed by atoms with E-state index in [1.54, 1.807) is 6.07 Å². The van der Waals surface area contributed by atoms with Crippen LogP contribution in [-0.4, -0.2) is 64.1 Å². The first-order valence-electron chi connectivity index (χ1n) is 10.5. The Hall–Kier alpha value is -2.55. The van der Waals surface area contributed by atoms with E-state index in [1.165, 1.54) is 10.6 Å². The number of alkyl halides is 6. The minimum absolute atomic E-state index is 0.0807. The first-order valence-corrected chi connectivity index (χ1v) is 10.5. The Bertz CT molecular complexity index is 991. The molecule has 12 heteroatoms. The number of aromatic nitrogens is 3. The van der Waals surface area contributed by atoms with Crippen LogP contribution in [0.4, 0.5) is 32.0 Å². The fraction of sp³-hybridized carbons (Fsp3) is 0.650. The van der Waals surface area contributed by atoms with E-state index in [1.807, 2.05) is 11.0 Å². The fourth-order valence-electron chi connectivity index (χ4n) is 4.76. The summed E-state index contributed by atoms with van der Waals surface area (Å²) in [4.78, 5) is 4.17. The SMILES string of the molecule is N#Cc1c(N2CCN([C@H]3CC[C@@H](C(F)(F)F)CC3)CC2)ccn2c(CC(F)(F)F)nnc12. The minimum atomic E-state index is -4.44. The monoisotopic (exact) mass is 460 g/mol. The van der Waals surface area contributed by atoms with Gasteiger partial charge in [-0.05, 0) is 31.7 Å². The van der Waals surface area contributed by atoms with Crippen LogP contribution < -0.4 is 4.90 Å². The Balaban J connectivity index is 1.44. The number of hydrogen-bond acceptors (Lipinski definition) is 5. The topological polar surface area (TPSA) is 60.5 Å². The van der Waals surface area contributed by atoms with Crippen molar-refractivity contribution in [2.45, 2.75) is 50.5 Å². The molecular weight excluding hydrogens is 438 g/mol. The Morgan fingerprint density at radius 1 is 0.969 bits per heavy atom. The minimum Gasteiger partial charge on any atom is -0.368 e. The molecule has 1 aliphatic heterocycles. The van der Waals surface area contributed by atoms with Gasteiger partial charge in [0.2, 0.25) is 0 Å². The van der Waals surface area contributed by atoms with Crippen molar-refractivity contribution in [1.29, 1.82) is 5.26 Å². The van der Waals surface area contributed by atoms with E-state index in [4.69, 9.17) is 0 Å². The molecule has 0 spiro atoms. The number of hydrogen-bond donors (Lipinski definition) is 0. The highest BCUT2D eigenvalue weighted by Crippen LogP contribution is 2.39. The summed E-state index contributed by atoms with van der Waals surface area (Å²) in [6.07, 6.45) is -7.04. The van der Waals surface area contributed by atoms with Crippen LogP contribution in [0.15, 0.2) is 12.3 Å². The summed E-state index contributed by atoms with van der Waals surface area (Å²) < 4.78 is 78.2. The summed E-state index contributed by atoms with van der Waals surface area (Å²) in [7, 11) is 0. The Morgan fingerprint density at radius 3 is 2.19 bits per heavy atom. The molecule has 6 nitrogen and oxygen atoms in total. The lowest BCUT2D eigenvalue weighted by Gasteiger charge is -2.43. The molecule has 1 saturated heterocycles. The van der Waals surface area contributed by atoms with Gasteiger partial charge in [-0.25, -0.2) is 0 Å². The maximum Gasteiger partial charge on any atom is 0.396 e. The first-order chi connectivity index (χ1) is 15.1. The molecule has 0 amide bonds. The summed E-state index contributed by atoms with van der Waals surface area (Å²) in [5.41, 5.74) is 0.816. The van der Waals surface area contributed by atoms with Gasteiger partial charge in [0.05, 0.1) is 11.6 Å². The maximum atomic E-state index is 12.9. The van der Waals surface area contributed by atoms with Crippen LogP contribution >= 0.6 is 0 Å². The molecule has 2 aromatic heterocycles. The second-order valence-electron chi connectivity index (χ2n) is 8.36. The molecule has 2 aliphatic rings. The Kier molecular flexibility index (Phi) is 5.96. The number of pyridine rings is 1. The molecule has 3 heterocycles. The fourth-order valence-corrected chi connectivity index (χ4v) is 4.76. The second kappa shape index (κ2) is 8.42. The predicted molar refractivity (Wildman–Crippen MR) is 103 cm³/mol. The lowest BCUT2D eigenvalue weighted by Crippen LogP contribution is -2.51. The lowest BCUT2D eigenvalue weighted by atomic mass is 9.84. The van der Waals surface area contributed by atoms with Crippen LogP contribution in [0.25, 0.3) is 5.65 Å². The zero-order valence-corrected chi connectivity index (χ0v) is 17.1. The third-order valence-corrected chi connectivity index (χ3v) is 6.43. The molecule has 32 heavy (non-hydrogen) atoms. The van der Waals surface area contributed by atoms with Crippen molar-refractivity contribution in [3.05, 3.63) is 23.7 Å². The van der Waals surface area contributed by atoms with Gasteiger partial charge in [0, 0.05) is 38.4 Å². The molecule has 2 aromatic rings. The van der Waals surface area contributed by atoms with Gasteiger partial charge in [-0.1, -0.05) is 0 Å². The van der Waals surface area contributed by atoms with E-state index < -0.39 is 24.7 Å². The quantitative estimate of drug-likeness (QED) is 0.650. The van der Waals surface area contributed by atoms with Crippen molar-refractivity contribution in [2.24, 2.45) is 5.92 Å². The highest BCUT2D eigenvalue weighted by atomic mass is 19.4. The van der Waals surface area contributed by atoms with E-state index in [0.717, 1.165) is 0 Å². The van der Waals surface area contributed by atoms with E-state index in [9.17, 15) is 31.6 Å². The zero-order valence-electron chi connectivity index (χ0n) is 17.1. The predicted octanol–water partition coefficient (Wildman–Crippen LogP) is 3.95. The smallest absolute Gasteiger partial charge is 0.368 e. The van der Waals surface area contributed by atoms with Gasteiger partial charge in [-0.3, -0.25) is 9.30 Å². The molecule has 1 aliphatic carbocycles. The van der Waals surface area contributed by atoms with E-state index >= 15 is 0 Å². The van der Waals surface area contributed by atoms with Crippen LogP contribution in [0, 0.1) is 17.2 Å². The molecule has 2 fully saturated rings. The average Bonchev–Trinajstić information content (AvgIpc) is 3.14. The number of halogens is 6. The van der Waals surface area contributed by atoms with Gasteiger partial charge >= 0.3 is 12.4 Å². The van der Waals surface area contributed by atoms with E-state index in [0.29, 0.717) is 44.7 Å². The number of nitrogens with zero attached hydrogens (tertiary/aromatic N) is 6. The maximum absolute atomic E-state index is 12.9. The van der Waals surface area contributed by atoms with E-state index in [-0.39, 0.29) is 35.9 Å². The first kappa shape index (κ1) is 22.6. The van der Waals surface area contributed by atoms with Crippen molar-refractivity contribution in [3.63, 3.8) is 0 Å². The lowest BCUT2D eigenvalue weighted by molar-refractivity contribution is -0.184. The van der Waals surface area contributed by atoms with E-state index in [2.05, 4.69) is 15.1 Å². The van der Waals surface area contributed by atoms with Crippen molar-refractivity contribution in [3.8, 4) is 6.07 Å². The van der Waals surface area contributed by atoms with Crippen molar-refractivity contribution in [2.75, 3.05) is 31.1 Å². The molecule has 0 atom stereocenters. The number of rotatable bonds is 3. The van der Waals surface area contributed by atoms with Crippen molar-refractivity contribution in [1.82, 2.24) is 19.5 Å². The molecule has 0 bridgehead atoms. The molecule has 0 radical (unpaired) electrons. The van der Waals surface area contributed by atoms with Gasteiger partial charge in [0.1, 0.15) is 23.9 Å².